The molecule has 3 rings (SSSR count). The average Bonchev–Trinajstić information content (AvgIpc) is 2.74. The molecule has 1 aromatic heterocycles. The maximum atomic E-state index is 12.4. The zero-order valence-corrected chi connectivity index (χ0v) is 17.7. The number of carbonyl (C=O) groups excluding carboxylic acids is 1. The summed E-state index contributed by atoms with van der Waals surface area (Å²) >= 11 is 0. The first-order chi connectivity index (χ1) is 14.3. The third kappa shape index (κ3) is 5.95. The fourth-order valence-corrected chi connectivity index (χ4v) is 3.79. The fourth-order valence-electron chi connectivity index (χ4n) is 3.03. The number of rotatable bonds is 8. The van der Waals surface area contributed by atoms with Crippen LogP contribution in [-0.4, -0.2) is 42.0 Å². The molecule has 0 spiro atoms. The maximum absolute atomic E-state index is 12.4. The van der Waals surface area contributed by atoms with E-state index in [0.717, 1.165) is 27.8 Å². The zero-order valence-electron chi connectivity index (χ0n) is 16.9. The minimum atomic E-state index is -3.44. The Balaban J connectivity index is 1.76. The van der Waals surface area contributed by atoms with Gasteiger partial charge in [0.2, 0.25) is 10.0 Å². The van der Waals surface area contributed by atoms with Gasteiger partial charge in [-0.2, -0.15) is 4.31 Å². The lowest BCUT2D eigenvalue weighted by Gasteiger charge is -2.20. The van der Waals surface area contributed by atoms with Crippen LogP contribution in [0.3, 0.4) is 0 Å². The number of nitrogens with zero attached hydrogens (tertiary/aromatic N) is 3. The number of aromatic nitrogens is 2. The third-order valence-electron chi connectivity index (χ3n) is 4.60. The number of carbonyl (C=O) groups is 1. The normalized spacial score (nSPS) is 11.4. The van der Waals surface area contributed by atoms with Crippen molar-refractivity contribution >= 4 is 16.0 Å². The zero-order chi connectivity index (χ0) is 21.6. The molecule has 7 nitrogen and oxygen atoms in total. The van der Waals surface area contributed by atoms with Gasteiger partial charge in [-0.15, -0.1) is 0 Å². The number of methoxy groups -OCH3 is 1. The van der Waals surface area contributed by atoms with Crippen molar-refractivity contribution in [2.75, 3.05) is 13.4 Å². The molecule has 0 fully saturated rings. The molecule has 0 aliphatic heterocycles. The maximum Gasteiger partial charge on any atom is 0.309 e. The van der Waals surface area contributed by atoms with E-state index in [-0.39, 0.29) is 25.5 Å². The van der Waals surface area contributed by atoms with Gasteiger partial charge in [0.15, 0.2) is 0 Å². The molecular formula is C22H23N3O4S. The molecule has 0 aliphatic carbocycles. The van der Waals surface area contributed by atoms with Gasteiger partial charge in [0, 0.05) is 31.0 Å². The highest BCUT2D eigenvalue weighted by Crippen LogP contribution is 2.20. The number of hydrogen-bond donors (Lipinski definition) is 0. The quantitative estimate of drug-likeness (QED) is 0.516. The lowest BCUT2D eigenvalue weighted by atomic mass is 10.1. The summed E-state index contributed by atoms with van der Waals surface area (Å²) in [4.78, 5) is 19.5. The molecule has 0 bridgehead atoms. The largest absolute Gasteiger partial charge is 0.469 e. The fraction of sp³-hybridized carbons (Fsp3) is 0.227. The predicted octanol–water partition coefficient (Wildman–Crippen LogP) is 2.82. The number of ether oxygens (including phenoxy) is 1. The number of benzene rings is 2. The summed E-state index contributed by atoms with van der Waals surface area (Å²) in [5.74, 6) is -0.337. The van der Waals surface area contributed by atoms with Gasteiger partial charge >= 0.3 is 5.97 Å². The Kier molecular flexibility index (Phi) is 6.91. The monoisotopic (exact) mass is 425 g/mol. The Morgan fingerprint density at radius 1 is 0.933 bits per heavy atom. The second kappa shape index (κ2) is 9.60. The molecule has 8 heteroatoms. The van der Waals surface area contributed by atoms with E-state index in [0.29, 0.717) is 0 Å². The standard InChI is InChI=1S/C22H23N3O4S/c1-29-22(26)11-18-4-3-5-19(10-18)15-25(30(2,27)28)14-17-6-8-20(9-7-17)21-12-23-16-24-13-21/h3-10,12-13,16H,11,14-15H2,1-2H3. The van der Waals surface area contributed by atoms with Crippen LogP contribution in [0.15, 0.2) is 67.3 Å². The highest BCUT2D eigenvalue weighted by molar-refractivity contribution is 7.88. The summed E-state index contributed by atoms with van der Waals surface area (Å²) in [6.07, 6.45) is 6.27. The summed E-state index contributed by atoms with van der Waals surface area (Å²) in [6, 6.07) is 14.9. The van der Waals surface area contributed by atoms with Crippen molar-refractivity contribution in [2.45, 2.75) is 19.5 Å². The second-order valence-corrected chi connectivity index (χ2v) is 8.91. The van der Waals surface area contributed by atoms with E-state index in [4.69, 9.17) is 4.74 Å². The van der Waals surface area contributed by atoms with Crippen molar-refractivity contribution in [3.63, 3.8) is 0 Å². The Morgan fingerprint density at radius 3 is 2.20 bits per heavy atom. The van der Waals surface area contributed by atoms with Crippen LogP contribution in [0.5, 0.6) is 0 Å². The molecule has 3 aromatic rings. The summed E-state index contributed by atoms with van der Waals surface area (Å²) in [7, 11) is -2.10. The molecule has 1 heterocycles. The number of esters is 1. The van der Waals surface area contributed by atoms with E-state index < -0.39 is 10.0 Å². The van der Waals surface area contributed by atoms with Gasteiger partial charge in [-0.1, -0.05) is 48.5 Å². The highest BCUT2D eigenvalue weighted by atomic mass is 32.2. The van der Waals surface area contributed by atoms with Crippen LogP contribution in [0.1, 0.15) is 16.7 Å². The second-order valence-electron chi connectivity index (χ2n) is 6.93. The van der Waals surface area contributed by atoms with Gasteiger partial charge in [0.25, 0.3) is 0 Å². The van der Waals surface area contributed by atoms with Gasteiger partial charge in [-0.05, 0) is 22.3 Å². The molecule has 0 N–H and O–H groups in total. The Hall–Kier alpha value is -3.10. The van der Waals surface area contributed by atoms with E-state index >= 15 is 0 Å². The summed E-state index contributed by atoms with van der Waals surface area (Å²) in [5, 5.41) is 0. The Morgan fingerprint density at radius 2 is 1.57 bits per heavy atom. The van der Waals surface area contributed by atoms with Crippen LogP contribution in [0.2, 0.25) is 0 Å². The molecule has 0 amide bonds. The molecule has 156 valence electrons. The first kappa shape index (κ1) is 21.6. The van der Waals surface area contributed by atoms with Gasteiger partial charge in [-0.25, -0.2) is 18.4 Å². The molecule has 0 atom stereocenters. The predicted molar refractivity (Wildman–Crippen MR) is 114 cm³/mol. The van der Waals surface area contributed by atoms with Crippen LogP contribution >= 0.6 is 0 Å². The summed E-state index contributed by atoms with van der Waals surface area (Å²) < 4.78 is 30.9. The topological polar surface area (TPSA) is 89.5 Å². The third-order valence-corrected chi connectivity index (χ3v) is 5.80. The van der Waals surface area contributed by atoms with Crippen molar-refractivity contribution in [3.05, 3.63) is 83.9 Å². The lowest BCUT2D eigenvalue weighted by molar-refractivity contribution is -0.139. The van der Waals surface area contributed by atoms with Gasteiger partial charge in [0.05, 0.1) is 19.8 Å². The van der Waals surface area contributed by atoms with Gasteiger partial charge in [-0.3, -0.25) is 4.79 Å². The van der Waals surface area contributed by atoms with Crippen molar-refractivity contribution < 1.29 is 17.9 Å². The molecule has 0 saturated carbocycles. The van der Waals surface area contributed by atoms with Crippen molar-refractivity contribution in [2.24, 2.45) is 0 Å². The van der Waals surface area contributed by atoms with Crippen LogP contribution in [-0.2, 0) is 39.1 Å². The highest BCUT2D eigenvalue weighted by Gasteiger charge is 2.18. The molecule has 0 saturated heterocycles. The van der Waals surface area contributed by atoms with Gasteiger partial charge < -0.3 is 4.74 Å². The van der Waals surface area contributed by atoms with E-state index in [1.165, 1.54) is 24.0 Å². The SMILES string of the molecule is COC(=O)Cc1cccc(CN(Cc2ccc(-c3cncnc3)cc2)S(C)(=O)=O)c1. The van der Waals surface area contributed by atoms with Gasteiger partial charge in [0.1, 0.15) is 6.33 Å². The molecule has 0 unspecified atom stereocenters. The Bertz CT molecular complexity index is 1100. The van der Waals surface area contributed by atoms with E-state index in [2.05, 4.69) is 9.97 Å². The van der Waals surface area contributed by atoms with Crippen LogP contribution in [0.4, 0.5) is 0 Å². The summed E-state index contributed by atoms with van der Waals surface area (Å²) in [6.45, 7) is 0.452. The first-order valence-corrected chi connectivity index (χ1v) is 11.1. The van der Waals surface area contributed by atoms with E-state index in [9.17, 15) is 13.2 Å². The van der Waals surface area contributed by atoms with Crippen molar-refractivity contribution in [1.82, 2.24) is 14.3 Å². The van der Waals surface area contributed by atoms with Crippen LogP contribution in [0.25, 0.3) is 11.1 Å². The molecule has 0 aliphatic rings. The Labute approximate surface area is 176 Å². The lowest BCUT2D eigenvalue weighted by Crippen LogP contribution is -2.29. The molecule has 0 radical (unpaired) electrons. The van der Waals surface area contributed by atoms with E-state index in [1.54, 1.807) is 12.4 Å². The number of hydrogen-bond acceptors (Lipinski definition) is 6. The molecule has 30 heavy (non-hydrogen) atoms. The molecular weight excluding hydrogens is 402 g/mol. The molecule has 2 aromatic carbocycles. The number of sulfonamides is 1. The van der Waals surface area contributed by atoms with Crippen LogP contribution < -0.4 is 0 Å². The minimum Gasteiger partial charge on any atom is -0.469 e. The summed E-state index contributed by atoms with van der Waals surface area (Å²) in [5.41, 5.74) is 4.31. The average molecular weight is 426 g/mol. The first-order valence-electron chi connectivity index (χ1n) is 9.29. The minimum absolute atomic E-state index is 0.147. The van der Waals surface area contributed by atoms with E-state index in [1.807, 2.05) is 48.5 Å². The van der Waals surface area contributed by atoms with Crippen molar-refractivity contribution in [1.29, 1.82) is 0 Å². The van der Waals surface area contributed by atoms with Crippen molar-refractivity contribution in [3.8, 4) is 11.1 Å². The smallest absolute Gasteiger partial charge is 0.309 e. The van der Waals surface area contributed by atoms with Crippen LogP contribution in [0, 0.1) is 0 Å².